The number of nitrogens with zero attached hydrogens (tertiary/aromatic N) is 4. The zero-order chi connectivity index (χ0) is 7.68. The summed E-state index contributed by atoms with van der Waals surface area (Å²) in [7, 11) is 0. The highest BCUT2D eigenvalue weighted by Gasteiger charge is 1.98. The van der Waals surface area contributed by atoms with Gasteiger partial charge in [0.15, 0.2) is 11.5 Å². The van der Waals surface area contributed by atoms with Crippen molar-refractivity contribution >= 4 is 5.65 Å². The fraction of sp³-hybridized carbons (Fsp3) is 0.286. The van der Waals surface area contributed by atoms with Crippen molar-refractivity contribution in [2.75, 3.05) is 0 Å². The lowest BCUT2D eigenvalue weighted by molar-refractivity contribution is 0.866. The summed E-state index contributed by atoms with van der Waals surface area (Å²) >= 11 is 0. The van der Waals surface area contributed by atoms with Crippen LogP contribution < -0.4 is 0 Å². The maximum Gasteiger partial charge on any atom is 0.158 e. The van der Waals surface area contributed by atoms with Gasteiger partial charge in [-0.2, -0.15) is 0 Å². The molecule has 2 aromatic rings. The van der Waals surface area contributed by atoms with Crippen molar-refractivity contribution in [2.24, 2.45) is 0 Å². The van der Waals surface area contributed by atoms with Crippen molar-refractivity contribution in [1.29, 1.82) is 0 Å². The lowest BCUT2D eigenvalue weighted by atomic mass is 10.5. The van der Waals surface area contributed by atoms with E-state index in [4.69, 9.17) is 0 Å². The van der Waals surface area contributed by atoms with Gasteiger partial charge in [0.05, 0.1) is 0 Å². The van der Waals surface area contributed by atoms with E-state index in [-0.39, 0.29) is 0 Å². The standard InChI is InChI=1S/C7H8N4/c1-2-6-9-7-3-4-8-5-11(7)10-6/h3-5H,2H2,1H3. The zero-order valence-electron chi connectivity index (χ0n) is 6.23. The summed E-state index contributed by atoms with van der Waals surface area (Å²) in [6, 6.07) is 1.84. The van der Waals surface area contributed by atoms with Gasteiger partial charge >= 0.3 is 0 Å². The van der Waals surface area contributed by atoms with Gasteiger partial charge in [0.25, 0.3) is 0 Å². The fourth-order valence-electron chi connectivity index (χ4n) is 0.941. The first kappa shape index (κ1) is 6.27. The van der Waals surface area contributed by atoms with Gasteiger partial charge in [-0.1, -0.05) is 6.92 Å². The first-order valence-electron chi connectivity index (χ1n) is 3.55. The van der Waals surface area contributed by atoms with Crippen LogP contribution in [0, 0.1) is 0 Å². The minimum Gasteiger partial charge on any atom is -0.245 e. The quantitative estimate of drug-likeness (QED) is 0.597. The van der Waals surface area contributed by atoms with Gasteiger partial charge in [0.2, 0.25) is 0 Å². The van der Waals surface area contributed by atoms with Crippen LogP contribution in [0.2, 0.25) is 0 Å². The summed E-state index contributed by atoms with van der Waals surface area (Å²) in [4.78, 5) is 8.16. The molecule has 0 saturated carbocycles. The number of rotatable bonds is 1. The van der Waals surface area contributed by atoms with Crippen molar-refractivity contribution in [3.8, 4) is 0 Å². The molecule has 2 rings (SSSR count). The van der Waals surface area contributed by atoms with Gasteiger partial charge < -0.3 is 0 Å². The van der Waals surface area contributed by atoms with E-state index >= 15 is 0 Å². The van der Waals surface area contributed by atoms with Crippen molar-refractivity contribution in [2.45, 2.75) is 13.3 Å². The molecule has 0 radical (unpaired) electrons. The molecule has 4 heteroatoms. The van der Waals surface area contributed by atoms with Gasteiger partial charge in [-0.25, -0.2) is 14.5 Å². The van der Waals surface area contributed by atoms with Crippen LogP contribution in [0.15, 0.2) is 18.6 Å². The summed E-state index contributed by atoms with van der Waals surface area (Å²) in [6.07, 6.45) is 4.23. The Morgan fingerprint density at radius 1 is 1.55 bits per heavy atom. The minimum atomic E-state index is 0.858. The average molecular weight is 148 g/mol. The van der Waals surface area contributed by atoms with E-state index in [1.807, 2.05) is 13.0 Å². The van der Waals surface area contributed by atoms with E-state index in [1.54, 1.807) is 17.0 Å². The average Bonchev–Trinajstić information content (AvgIpc) is 2.46. The molecular formula is C7H8N4. The van der Waals surface area contributed by atoms with Crippen molar-refractivity contribution in [3.05, 3.63) is 24.4 Å². The molecule has 0 aliphatic rings. The molecule has 0 aromatic carbocycles. The Morgan fingerprint density at radius 2 is 2.45 bits per heavy atom. The Hall–Kier alpha value is -1.45. The molecule has 0 aliphatic heterocycles. The van der Waals surface area contributed by atoms with Gasteiger partial charge in [-0.15, -0.1) is 5.10 Å². The van der Waals surface area contributed by atoms with Crippen LogP contribution in [0.5, 0.6) is 0 Å². The molecule has 0 amide bonds. The van der Waals surface area contributed by atoms with Gasteiger partial charge in [-0.05, 0) is 0 Å². The Balaban J connectivity index is 2.69. The maximum atomic E-state index is 4.24. The molecule has 0 bridgehead atoms. The van der Waals surface area contributed by atoms with Crippen LogP contribution in [0.1, 0.15) is 12.7 Å². The van der Waals surface area contributed by atoms with Gasteiger partial charge in [0, 0.05) is 18.7 Å². The van der Waals surface area contributed by atoms with Crippen LogP contribution in [-0.4, -0.2) is 19.6 Å². The number of aryl methyl sites for hydroxylation is 1. The summed E-state index contributed by atoms with van der Waals surface area (Å²) in [5.74, 6) is 0.859. The number of hydrogen-bond donors (Lipinski definition) is 0. The van der Waals surface area contributed by atoms with Gasteiger partial charge in [-0.3, -0.25) is 0 Å². The smallest absolute Gasteiger partial charge is 0.158 e. The second-order valence-corrected chi connectivity index (χ2v) is 2.26. The molecular weight excluding hydrogens is 140 g/mol. The summed E-state index contributed by atoms with van der Waals surface area (Å²) < 4.78 is 1.68. The van der Waals surface area contributed by atoms with Crippen molar-refractivity contribution in [1.82, 2.24) is 19.6 Å². The molecule has 0 aliphatic carbocycles. The van der Waals surface area contributed by atoms with E-state index in [0.717, 1.165) is 17.9 Å². The lowest BCUT2D eigenvalue weighted by Gasteiger charge is -1.84. The summed E-state index contributed by atoms with van der Waals surface area (Å²) in [5, 5.41) is 4.17. The van der Waals surface area contributed by atoms with Gasteiger partial charge in [0.1, 0.15) is 6.33 Å². The maximum absolute atomic E-state index is 4.24. The largest absolute Gasteiger partial charge is 0.245 e. The fourth-order valence-corrected chi connectivity index (χ4v) is 0.941. The highest BCUT2D eigenvalue weighted by Crippen LogP contribution is 1.98. The number of fused-ring (bicyclic) bond motifs is 1. The Kier molecular flexibility index (Phi) is 1.31. The molecule has 0 atom stereocenters. The molecule has 0 unspecified atom stereocenters. The third kappa shape index (κ3) is 0.960. The molecule has 11 heavy (non-hydrogen) atoms. The van der Waals surface area contributed by atoms with Crippen LogP contribution in [0.25, 0.3) is 5.65 Å². The number of aromatic nitrogens is 4. The highest BCUT2D eigenvalue weighted by atomic mass is 15.3. The molecule has 0 spiro atoms. The molecule has 0 saturated heterocycles. The minimum absolute atomic E-state index is 0.858. The first-order valence-corrected chi connectivity index (χ1v) is 3.55. The molecule has 0 N–H and O–H groups in total. The predicted molar refractivity (Wildman–Crippen MR) is 40.2 cm³/mol. The van der Waals surface area contributed by atoms with Crippen LogP contribution >= 0.6 is 0 Å². The third-order valence-corrected chi connectivity index (χ3v) is 1.50. The van der Waals surface area contributed by atoms with E-state index in [1.165, 1.54) is 0 Å². The molecule has 0 fully saturated rings. The SMILES string of the molecule is CCc1nc2ccncn2n1. The second-order valence-electron chi connectivity index (χ2n) is 2.26. The molecule has 2 heterocycles. The Labute approximate surface area is 63.9 Å². The molecule has 4 nitrogen and oxygen atoms in total. The predicted octanol–water partition coefficient (Wildman–Crippen LogP) is 0.687. The van der Waals surface area contributed by atoms with E-state index in [9.17, 15) is 0 Å². The van der Waals surface area contributed by atoms with Crippen molar-refractivity contribution < 1.29 is 0 Å². The summed E-state index contributed by atoms with van der Waals surface area (Å²) in [6.45, 7) is 2.03. The van der Waals surface area contributed by atoms with E-state index in [2.05, 4.69) is 15.1 Å². The summed E-state index contributed by atoms with van der Waals surface area (Å²) in [5.41, 5.74) is 0.858. The van der Waals surface area contributed by atoms with Crippen LogP contribution in [-0.2, 0) is 6.42 Å². The molecule has 56 valence electrons. The Morgan fingerprint density at radius 3 is 3.18 bits per heavy atom. The first-order chi connectivity index (χ1) is 5.40. The topological polar surface area (TPSA) is 43.1 Å². The second kappa shape index (κ2) is 2.30. The monoisotopic (exact) mass is 148 g/mol. The van der Waals surface area contributed by atoms with Crippen LogP contribution in [0.3, 0.4) is 0 Å². The van der Waals surface area contributed by atoms with E-state index in [0.29, 0.717) is 0 Å². The highest BCUT2D eigenvalue weighted by molar-refractivity contribution is 5.34. The number of hydrogen-bond acceptors (Lipinski definition) is 3. The van der Waals surface area contributed by atoms with Crippen molar-refractivity contribution in [3.63, 3.8) is 0 Å². The lowest BCUT2D eigenvalue weighted by Crippen LogP contribution is -1.87. The van der Waals surface area contributed by atoms with E-state index < -0.39 is 0 Å². The van der Waals surface area contributed by atoms with Crippen LogP contribution in [0.4, 0.5) is 0 Å². The molecule has 2 aromatic heterocycles. The zero-order valence-corrected chi connectivity index (χ0v) is 6.23. The third-order valence-electron chi connectivity index (χ3n) is 1.50. The normalized spacial score (nSPS) is 10.6. The Bertz CT molecular complexity index is 332.